The third kappa shape index (κ3) is 4.02. The van der Waals surface area contributed by atoms with E-state index in [1.165, 1.54) is 11.3 Å². The van der Waals surface area contributed by atoms with E-state index in [1.54, 1.807) is 6.20 Å². The number of aromatic nitrogens is 3. The van der Waals surface area contributed by atoms with Gasteiger partial charge in [0.1, 0.15) is 0 Å². The van der Waals surface area contributed by atoms with Crippen molar-refractivity contribution in [2.45, 2.75) is 33.1 Å². The molecule has 0 aliphatic rings. The summed E-state index contributed by atoms with van der Waals surface area (Å²) in [5, 5.41) is 6.41. The summed E-state index contributed by atoms with van der Waals surface area (Å²) in [6.07, 6.45) is 1.71. The minimum atomic E-state index is -0.178. The Morgan fingerprint density at radius 2 is 1.90 bits per heavy atom. The zero-order valence-electron chi connectivity index (χ0n) is 17.4. The Morgan fingerprint density at radius 3 is 2.63 bits per heavy atom. The third-order valence-corrected chi connectivity index (χ3v) is 5.66. The molecule has 3 N–H and O–H groups in total. The number of hydrogen-bond acceptors (Lipinski definition) is 6. The van der Waals surface area contributed by atoms with Gasteiger partial charge in [-0.15, -0.1) is 11.3 Å². The normalized spacial score (nSPS) is 11.6. The third-order valence-electron chi connectivity index (χ3n) is 4.90. The van der Waals surface area contributed by atoms with Crippen LogP contribution in [0, 0.1) is 6.92 Å². The van der Waals surface area contributed by atoms with Crippen molar-refractivity contribution in [2.75, 3.05) is 11.1 Å². The number of carbonyl (C=O) groups is 1. The van der Waals surface area contributed by atoms with Crippen LogP contribution >= 0.6 is 11.3 Å². The molecule has 0 fully saturated rings. The predicted molar refractivity (Wildman–Crippen MR) is 123 cm³/mol. The number of nitrogens with one attached hydrogen (secondary N) is 1. The van der Waals surface area contributed by atoms with Gasteiger partial charge in [0.15, 0.2) is 5.13 Å². The lowest BCUT2D eigenvalue weighted by Gasteiger charge is -2.14. The maximum absolute atomic E-state index is 12.8. The van der Waals surface area contributed by atoms with Gasteiger partial charge in [0.05, 0.1) is 11.2 Å². The van der Waals surface area contributed by atoms with Crippen LogP contribution in [0.5, 0.6) is 0 Å². The summed E-state index contributed by atoms with van der Waals surface area (Å²) in [5.74, 6) is 0.0739. The fourth-order valence-electron chi connectivity index (χ4n) is 3.13. The van der Waals surface area contributed by atoms with Crippen molar-refractivity contribution in [3.63, 3.8) is 0 Å². The Kier molecular flexibility index (Phi) is 4.99. The second kappa shape index (κ2) is 7.50. The van der Waals surface area contributed by atoms with Crippen LogP contribution in [0.1, 0.15) is 42.4 Å². The molecule has 0 unspecified atom stereocenters. The Morgan fingerprint density at radius 1 is 1.10 bits per heavy atom. The molecule has 0 aliphatic carbocycles. The van der Waals surface area contributed by atoms with Crippen LogP contribution in [0.3, 0.4) is 0 Å². The van der Waals surface area contributed by atoms with E-state index in [0.29, 0.717) is 10.7 Å². The lowest BCUT2D eigenvalue weighted by atomic mass is 9.93. The van der Waals surface area contributed by atoms with Crippen LogP contribution in [0.2, 0.25) is 0 Å². The highest BCUT2D eigenvalue weighted by Gasteiger charge is 2.19. The number of benzene rings is 2. The summed E-state index contributed by atoms with van der Waals surface area (Å²) in [4.78, 5) is 25.7. The van der Waals surface area contributed by atoms with Crippen molar-refractivity contribution in [1.82, 2.24) is 15.0 Å². The molecule has 0 saturated carbocycles. The van der Waals surface area contributed by atoms with E-state index >= 15 is 0 Å². The topological polar surface area (TPSA) is 93.8 Å². The first-order valence-corrected chi connectivity index (χ1v) is 10.5. The highest BCUT2D eigenvalue weighted by molar-refractivity contribution is 7.14. The second-order valence-corrected chi connectivity index (χ2v) is 9.13. The number of nitrogens with two attached hydrogens (primary N) is 1. The number of nitrogen functional groups attached to an aromatic ring is 1. The molecule has 4 aromatic rings. The molecule has 1 amide bonds. The maximum Gasteiger partial charge on any atom is 0.257 e. The molecule has 6 nitrogen and oxygen atoms in total. The SMILES string of the molecule is Cc1ccc(C(=O)Nc2nc(C(C)(C)C)cs2)cc1-c1ccc2nc(N)ncc2c1. The van der Waals surface area contributed by atoms with Crippen LogP contribution in [-0.4, -0.2) is 20.9 Å². The predicted octanol–water partition coefficient (Wildman–Crippen LogP) is 5.19. The summed E-state index contributed by atoms with van der Waals surface area (Å²) in [5.41, 5.74) is 11.0. The zero-order valence-corrected chi connectivity index (χ0v) is 18.2. The van der Waals surface area contributed by atoms with E-state index in [2.05, 4.69) is 41.0 Å². The van der Waals surface area contributed by atoms with Gasteiger partial charge in [0.25, 0.3) is 5.91 Å². The van der Waals surface area contributed by atoms with Crippen molar-refractivity contribution in [2.24, 2.45) is 0 Å². The van der Waals surface area contributed by atoms with Crippen LogP contribution in [0.25, 0.3) is 22.0 Å². The average Bonchev–Trinajstić information content (AvgIpc) is 3.17. The maximum atomic E-state index is 12.8. The van der Waals surface area contributed by atoms with E-state index in [-0.39, 0.29) is 17.3 Å². The molecule has 2 heterocycles. The number of amides is 1. The number of nitrogens with zero attached hydrogens (tertiary/aromatic N) is 3. The number of anilines is 2. The summed E-state index contributed by atoms with van der Waals surface area (Å²) >= 11 is 1.44. The van der Waals surface area contributed by atoms with Crippen molar-refractivity contribution < 1.29 is 4.79 Å². The summed E-state index contributed by atoms with van der Waals surface area (Å²) < 4.78 is 0. The lowest BCUT2D eigenvalue weighted by Crippen LogP contribution is -2.14. The van der Waals surface area contributed by atoms with Crippen molar-refractivity contribution in [3.8, 4) is 11.1 Å². The molecule has 0 saturated heterocycles. The van der Waals surface area contributed by atoms with Gasteiger partial charge in [-0.05, 0) is 47.9 Å². The molecule has 4 rings (SSSR count). The number of rotatable bonds is 3. The summed E-state index contributed by atoms with van der Waals surface area (Å²) in [6, 6.07) is 11.6. The first kappa shape index (κ1) is 20.0. The van der Waals surface area contributed by atoms with Gasteiger partial charge in [0.2, 0.25) is 5.95 Å². The van der Waals surface area contributed by atoms with Crippen molar-refractivity contribution >= 4 is 39.2 Å². The fraction of sp³-hybridized carbons (Fsp3) is 0.217. The largest absolute Gasteiger partial charge is 0.368 e. The van der Waals surface area contributed by atoms with Crippen molar-refractivity contribution in [1.29, 1.82) is 0 Å². The van der Waals surface area contributed by atoms with Crippen LogP contribution in [0.15, 0.2) is 48.0 Å². The molecule has 0 aliphatic heterocycles. The van der Waals surface area contributed by atoms with Crippen LogP contribution in [0.4, 0.5) is 11.1 Å². The van der Waals surface area contributed by atoms with E-state index in [0.717, 1.165) is 33.3 Å². The van der Waals surface area contributed by atoms with Crippen LogP contribution in [-0.2, 0) is 5.41 Å². The highest BCUT2D eigenvalue weighted by Crippen LogP contribution is 2.29. The number of hydrogen-bond donors (Lipinski definition) is 2. The quantitative estimate of drug-likeness (QED) is 0.478. The van der Waals surface area contributed by atoms with Crippen LogP contribution < -0.4 is 11.1 Å². The van der Waals surface area contributed by atoms with Gasteiger partial charge in [0, 0.05) is 27.9 Å². The lowest BCUT2D eigenvalue weighted by molar-refractivity contribution is 0.102. The molecule has 7 heteroatoms. The van der Waals surface area contributed by atoms with Gasteiger partial charge in [-0.3, -0.25) is 10.1 Å². The fourth-order valence-corrected chi connectivity index (χ4v) is 4.07. The zero-order chi connectivity index (χ0) is 21.5. The Hall–Kier alpha value is -3.32. The molecule has 2 aromatic heterocycles. The molecule has 0 radical (unpaired) electrons. The molecule has 0 spiro atoms. The molecular weight excluding hydrogens is 394 g/mol. The molecule has 2 aromatic carbocycles. The van der Waals surface area contributed by atoms with Gasteiger partial charge in [-0.1, -0.05) is 32.9 Å². The number of fused-ring (bicyclic) bond motifs is 1. The monoisotopic (exact) mass is 417 g/mol. The second-order valence-electron chi connectivity index (χ2n) is 8.27. The number of aryl methyl sites for hydroxylation is 1. The van der Waals surface area contributed by atoms with E-state index in [1.807, 2.05) is 48.7 Å². The Labute approximate surface area is 179 Å². The first-order chi connectivity index (χ1) is 14.2. The van der Waals surface area contributed by atoms with Gasteiger partial charge in [-0.25, -0.2) is 15.0 Å². The molecule has 0 atom stereocenters. The van der Waals surface area contributed by atoms with Gasteiger partial charge >= 0.3 is 0 Å². The smallest absolute Gasteiger partial charge is 0.257 e. The Balaban J connectivity index is 1.64. The molecule has 152 valence electrons. The minimum Gasteiger partial charge on any atom is -0.368 e. The number of thiazole rings is 1. The minimum absolute atomic E-state index is 0.0546. The van der Waals surface area contributed by atoms with Gasteiger partial charge < -0.3 is 5.73 Å². The molecule has 30 heavy (non-hydrogen) atoms. The molecule has 0 bridgehead atoms. The van der Waals surface area contributed by atoms with E-state index in [4.69, 9.17) is 5.73 Å². The number of carbonyl (C=O) groups excluding carboxylic acids is 1. The molecular formula is C23H23N5OS. The average molecular weight is 418 g/mol. The highest BCUT2D eigenvalue weighted by atomic mass is 32.1. The Bertz CT molecular complexity index is 1260. The van der Waals surface area contributed by atoms with Crippen molar-refractivity contribution in [3.05, 3.63) is 64.8 Å². The van der Waals surface area contributed by atoms with E-state index in [9.17, 15) is 4.79 Å². The summed E-state index contributed by atoms with van der Waals surface area (Å²) in [7, 11) is 0. The summed E-state index contributed by atoms with van der Waals surface area (Å²) in [6.45, 7) is 8.33. The first-order valence-electron chi connectivity index (χ1n) is 9.61. The standard InChI is InChI=1S/C23H23N5OS/c1-13-5-6-15(20(29)28-22-27-19(12-30-22)23(2,3)4)10-17(13)14-7-8-18-16(9-14)11-25-21(24)26-18/h5-12H,1-4H3,(H2,24,25,26)(H,27,28,29). The van der Waals surface area contributed by atoms with E-state index < -0.39 is 0 Å². The van der Waals surface area contributed by atoms with Gasteiger partial charge in [-0.2, -0.15) is 0 Å².